The van der Waals surface area contributed by atoms with Crippen molar-refractivity contribution >= 4 is 28.4 Å². The Morgan fingerprint density at radius 3 is 2.56 bits per heavy atom. The minimum Gasteiger partial charge on any atom is -0.378 e. The van der Waals surface area contributed by atoms with Crippen LogP contribution in [0.1, 0.15) is 11.1 Å². The molecule has 0 radical (unpaired) electrons. The van der Waals surface area contributed by atoms with Crippen LogP contribution in [0.4, 0.5) is 17.5 Å². The number of anilines is 3. The maximum atomic E-state index is 5.48. The first-order valence-electron chi connectivity index (χ1n) is 8.64. The molecule has 25 heavy (non-hydrogen) atoms. The second-order valence-corrected chi connectivity index (χ2v) is 6.41. The summed E-state index contributed by atoms with van der Waals surface area (Å²) in [7, 11) is 0. The predicted molar refractivity (Wildman–Crippen MR) is 102 cm³/mol. The Kier molecular flexibility index (Phi) is 4.24. The van der Waals surface area contributed by atoms with Gasteiger partial charge in [0, 0.05) is 24.2 Å². The molecule has 0 saturated carbocycles. The molecular formula is C20H22N4O. The molecule has 2 aromatic carbocycles. The lowest BCUT2D eigenvalue weighted by molar-refractivity contribution is 0.122. The maximum Gasteiger partial charge on any atom is 0.229 e. The van der Waals surface area contributed by atoms with Crippen molar-refractivity contribution in [3.05, 3.63) is 53.6 Å². The Morgan fingerprint density at radius 1 is 0.960 bits per heavy atom. The van der Waals surface area contributed by atoms with Gasteiger partial charge < -0.3 is 15.0 Å². The van der Waals surface area contributed by atoms with E-state index in [1.165, 1.54) is 11.1 Å². The van der Waals surface area contributed by atoms with Gasteiger partial charge in [-0.05, 0) is 49.2 Å². The summed E-state index contributed by atoms with van der Waals surface area (Å²) in [4.78, 5) is 11.8. The van der Waals surface area contributed by atoms with Crippen LogP contribution < -0.4 is 10.2 Å². The summed E-state index contributed by atoms with van der Waals surface area (Å²) >= 11 is 0. The van der Waals surface area contributed by atoms with Gasteiger partial charge in [0.05, 0.1) is 18.7 Å². The van der Waals surface area contributed by atoms with E-state index in [1.54, 1.807) is 0 Å². The third kappa shape index (κ3) is 3.28. The van der Waals surface area contributed by atoms with Gasteiger partial charge in [-0.3, -0.25) is 0 Å². The van der Waals surface area contributed by atoms with Crippen molar-refractivity contribution in [2.24, 2.45) is 0 Å². The summed E-state index contributed by atoms with van der Waals surface area (Å²) in [6.45, 7) is 7.40. The van der Waals surface area contributed by atoms with Gasteiger partial charge in [0.25, 0.3) is 0 Å². The number of benzene rings is 2. The molecule has 0 aliphatic carbocycles. The van der Waals surface area contributed by atoms with Crippen LogP contribution in [0, 0.1) is 13.8 Å². The number of hydrogen-bond acceptors (Lipinski definition) is 5. The van der Waals surface area contributed by atoms with Crippen molar-refractivity contribution in [1.29, 1.82) is 0 Å². The number of fused-ring (bicyclic) bond motifs is 1. The number of aryl methyl sites for hydroxylation is 2. The molecule has 5 nitrogen and oxygen atoms in total. The van der Waals surface area contributed by atoms with Crippen molar-refractivity contribution in [1.82, 2.24) is 9.97 Å². The van der Waals surface area contributed by atoms with Crippen LogP contribution in [0.3, 0.4) is 0 Å². The molecule has 0 spiro atoms. The zero-order chi connectivity index (χ0) is 17.2. The van der Waals surface area contributed by atoms with Crippen LogP contribution in [-0.2, 0) is 4.74 Å². The molecule has 0 bridgehead atoms. The van der Waals surface area contributed by atoms with Gasteiger partial charge in [0.2, 0.25) is 5.95 Å². The molecule has 0 atom stereocenters. The quantitative estimate of drug-likeness (QED) is 0.789. The fourth-order valence-electron chi connectivity index (χ4n) is 3.08. The molecule has 128 valence electrons. The number of nitrogens with one attached hydrogen (secondary N) is 1. The Hall–Kier alpha value is -2.66. The van der Waals surface area contributed by atoms with Crippen molar-refractivity contribution in [3.8, 4) is 0 Å². The second kappa shape index (κ2) is 6.69. The molecule has 3 aromatic rings. The standard InChI is InChI=1S/C20H22N4O/c1-14-7-8-16(13-15(14)2)21-20-22-18-6-4-3-5-17(18)19(23-20)24-9-11-25-12-10-24/h3-8,13H,9-12H2,1-2H3,(H,21,22,23). The van der Waals surface area contributed by atoms with Gasteiger partial charge in [-0.15, -0.1) is 0 Å². The van der Waals surface area contributed by atoms with Gasteiger partial charge in [0.1, 0.15) is 5.82 Å². The van der Waals surface area contributed by atoms with Gasteiger partial charge in [-0.25, -0.2) is 4.98 Å². The minimum absolute atomic E-state index is 0.628. The minimum atomic E-state index is 0.628. The maximum absolute atomic E-state index is 5.48. The van der Waals surface area contributed by atoms with Gasteiger partial charge in [-0.1, -0.05) is 18.2 Å². The van der Waals surface area contributed by atoms with E-state index < -0.39 is 0 Å². The number of hydrogen-bond donors (Lipinski definition) is 1. The summed E-state index contributed by atoms with van der Waals surface area (Å²) in [6, 6.07) is 14.5. The normalized spacial score (nSPS) is 14.7. The topological polar surface area (TPSA) is 50.3 Å². The highest BCUT2D eigenvalue weighted by Crippen LogP contribution is 2.27. The van der Waals surface area contributed by atoms with Crippen LogP contribution in [0.5, 0.6) is 0 Å². The molecule has 1 N–H and O–H groups in total. The zero-order valence-corrected chi connectivity index (χ0v) is 14.6. The SMILES string of the molecule is Cc1ccc(Nc2nc(N3CCOCC3)c3ccccc3n2)cc1C. The van der Waals surface area contributed by atoms with Crippen molar-refractivity contribution in [2.75, 3.05) is 36.5 Å². The predicted octanol–water partition coefficient (Wildman–Crippen LogP) is 3.83. The Morgan fingerprint density at radius 2 is 1.76 bits per heavy atom. The Bertz CT molecular complexity index is 903. The van der Waals surface area contributed by atoms with Crippen LogP contribution in [-0.4, -0.2) is 36.3 Å². The molecule has 1 fully saturated rings. The van der Waals surface area contributed by atoms with E-state index in [1.807, 2.05) is 18.2 Å². The third-order valence-corrected chi connectivity index (χ3v) is 4.66. The molecule has 1 aromatic heterocycles. The summed E-state index contributed by atoms with van der Waals surface area (Å²) in [5, 5.41) is 4.44. The molecular weight excluding hydrogens is 312 g/mol. The molecule has 2 heterocycles. The number of aromatic nitrogens is 2. The van der Waals surface area contributed by atoms with Gasteiger partial charge in [-0.2, -0.15) is 4.98 Å². The Balaban J connectivity index is 1.74. The van der Waals surface area contributed by atoms with Crippen LogP contribution >= 0.6 is 0 Å². The van der Waals surface area contributed by atoms with Crippen LogP contribution in [0.15, 0.2) is 42.5 Å². The van der Waals surface area contributed by atoms with Gasteiger partial charge >= 0.3 is 0 Å². The molecule has 0 unspecified atom stereocenters. The highest BCUT2D eigenvalue weighted by Gasteiger charge is 2.17. The van der Waals surface area contributed by atoms with Crippen molar-refractivity contribution < 1.29 is 4.74 Å². The number of nitrogens with zero attached hydrogens (tertiary/aromatic N) is 3. The Labute approximate surface area is 147 Å². The second-order valence-electron chi connectivity index (χ2n) is 6.41. The van der Waals surface area contributed by atoms with Crippen LogP contribution in [0.25, 0.3) is 10.9 Å². The number of para-hydroxylation sites is 1. The summed E-state index contributed by atoms with van der Waals surface area (Å²) in [5.74, 6) is 1.60. The summed E-state index contributed by atoms with van der Waals surface area (Å²) < 4.78 is 5.48. The average molecular weight is 334 g/mol. The van der Waals surface area contributed by atoms with E-state index in [0.717, 1.165) is 48.7 Å². The first kappa shape index (κ1) is 15.8. The first-order valence-corrected chi connectivity index (χ1v) is 8.64. The molecule has 1 saturated heterocycles. The van der Waals surface area contributed by atoms with Crippen molar-refractivity contribution in [2.45, 2.75) is 13.8 Å². The monoisotopic (exact) mass is 334 g/mol. The summed E-state index contributed by atoms with van der Waals surface area (Å²) in [5.41, 5.74) is 4.48. The largest absolute Gasteiger partial charge is 0.378 e. The molecule has 5 heteroatoms. The van der Waals surface area contributed by atoms with E-state index in [2.05, 4.69) is 48.3 Å². The summed E-state index contributed by atoms with van der Waals surface area (Å²) in [6.07, 6.45) is 0. The zero-order valence-electron chi connectivity index (χ0n) is 14.6. The van der Waals surface area contributed by atoms with E-state index in [9.17, 15) is 0 Å². The highest BCUT2D eigenvalue weighted by molar-refractivity contribution is 5.90. The molecule has 0 amide bonds. The average Bonchev–Trinajstić information content (AvgIpc) is 2.65. The van der Waals surface area contributed by atoms with Gasteiger partial charge in [0.15, 0.2) is 0 Å². The lowest BCUT2D eigenvalue weighted by Crippen LogP contribution is -2.37. The van der Waals surface area contributed by atoms with E-state index in [-0.39, 0.29) is 0 Å². The van der Waals surface area contributed by atoms with E-state index in [0.29, 0.717) is 5.95 Å². The number of rotatable bonds is 3. The smallest absolute Gasteiger partial charge is 0.229 e. The first-order chi connectivity index (χ1) is 12.2. The van der Waals surface area contributed by atoms with Crippen molar-refractivity contribution in [3.63, 3.8) is 0 Å². The highest BCUT2D eigenvalue weighted by atomic mass is 16.5. The molecule has 1 aliphatic rings. The lowest BCUT2D eigenvalue weighted by Gasteiger charge is -2.29. The van der Waals surface area contributed by atoms with E-state index in [4.69, 9.17) is 14.7 Å². The molecule has 4 rings (SSSR count). The number of ether oxygens (including phenoxy) is 1. The number of morpholine rings is 1. The van der Waals surface area contributed by atoms with E-state index >= 15 is 0 Å². The fraction of sp³-hybridized carbons (Fsp3) is 0.300. The fourth-order valence-corrected chi connectivity index (χ4v) is 3.08. The third-order valence-electron chi connectivity index (χ3n) is 4.66. The van der Waals surface area contributed by atoms with Crippen LogP contribution in [0.2, 0.25) is 0 Å². The molecule has 1 aliphatic heterocycles. The lowest BCUT2D eigenvalue weighted by atomic mass is 10.1.